The molecule has 8 nitrogen and oxygen atoms in total. The minimum absolute atomic E-state index is 0.233. The number of ether oxygens (including phenoxy) is 4. The first kappa shape index (κ1) is 29.7. The summed E-state index contributed by atoms with van der Waals surface area (Å²) in [6, 6.07) is 19.3. The number of fused-ring (bicyclic) bond motifs is 1. The molecular formula is C33H38ClN3O5. The highest BCUT2D eigenvalue weighted by Crippen LogP contribution is 2.29. The quantitative estimate of drug-likeness (QED) is 0.178. The number of rotatable bonds is 12. The van der Waals surface area contributed by atoms with E-state index in [0.717, 1.165) is 59.7 Å². The Hall–Kier alpha value is -3.75. The van der Waals surface area contributed by atoms with Crippen LogP contribution in [0.2, 0.25) is 5.02 Å². The fourth-order valence-corrected chi connectivity index (χ4v) is 5.17. The number of benzene rings is 3. The van der Waals surface area contributed by atoms with Crippen molar-refractivity contribution in [2.75, 3.05) is 26.7 Å². The van der Waals surface area contributed by atoms with Crippen LogP contribution in [0.15, 0.2) is 60.7 Å². The normalized spacial score (nSPS) is 14.2. The van der Waals surface area contributed by atoms with Gasteiger partial charge in [0, 0.05) is 43.7 Å². The van der Waals surface area contributed by atoms with Crippen molar-refractivity contribution in [3.05, 3.63) is 82.6 Å². The molecule has 1 saturated heterocycles. The van der Waals surface area contributed by atoms with E-state index in [9.17, 15) is 4.79 Å². The van der Waals surface area contributed by atoms with Gasteiger partial charge in [-0.3, -0.25) is 4.79 Å². The van der Waals surface area contributed by atoms with E-state index in [2.05, 4.69) is 18.0 Å². The summed E-state index contributed by atoms with van der Waals surface area (Å²) in [5.41, 5.74) is 3.79. The zero-order chi connectivity index (χ0) is 29.5. The molecule has 1 aliphatic rings. The fraction of sp³-hybridized carbons (Fsp3) is 0.394. The zero-order valence-electron chi connectivity index (χ0n) is 24.5. The van der Waals surface area contributed by atoms with Crippen LogP contribution >= 0.6 is 11.6 Å². The third kappa shape index (κ3) is 7.75. The lowest BCUT2D eigenvalue weighted by atomic mass is 10.1. The molecule has 4 aromatic rings. The number of carbonyl (C=O) groups is 1. The number of hydrogen-bond acceptors (Lipinski definition) is 7. The standard InChI is InChI=1S/C33H38ClN3O5/c1-4-39-33(38)14-8-24-7-11-27(20-31(24)41-21-23-5-9-25(34)10-6-23)40-22-32-35-29-13-12-28(19-30(29)37(32)3)42-26-15-17-36(2)18-16-26/h5-7,9-13,19-20,26H,4,8,14-18,21-22H2,1-3H3. The predicted molar refractivity (Wildman–Crippen MR) is 163 cm³/mol. The third-order valence-electron chi connectivity index (χ3n) is 7.53. The first-order valence-electron chi connectivity index (χ1n) is 14.5. The molecule has 0 unspecified atom stereocenters. The molecule has 222 valence electrons. The second kappa shape index (κ2) is 13.9. The maximum atomic E-state index is 12.0. The number of likely N-dealkylation sites (tertiary alicyclic amines) is 1. The van der Waals surface area contributed by atoms with Crippen molar-refractivity contribution in [2.45, 2.75) is 51.9 Å². The lowest BCUT2D eigenvalue weighted by Crippen LogP contribution is -2.35. The van der Waals surface area contributed by atoms with Crippen LogP contribution in [-0.2, 0) is 36.2 Å². The Bertz CT molecular complexity index is 1500. The molecular weight excluding hydrogens is 554 g/mol. The van der Waals surface area contributed by atoms with Crippen LogP contribution in [0.1, 0.15) is 43.1 Å². The summed E-state index contributed by atoms with van der Waals surface area (Å²) >= 11 is 6.03. The first-order chi connectivity index (χ1) is 20.4. The summed E-state index contributed by atoms with van der Waals surface area (Å²) in [5.74, 6) is 2.75. The Balaban J connectivity index is 1.27. The molecule has 9 heteroatoms. The Morgan fingerprint density at radius 1 is 0.952 bits per heavy atom. The Morgan fingerprint density at radius 3 is 2.48 bits per heavy atom. The average Bonchev–Trinajstić information content (AvgIpc) is 3.31. The van der Waals surface area contributed by atoms with Crippen LogP contribution in [0.5, 0.6) is 17.2 Å². The summed E-state index contributed by atoms with van der Waals surface area (Å²) in [5, 5.41) is 0.673. The maximum Gasteiger partial charge on any atom is 0.306 e. The van der Waals surface area contributed by atoms with Gasteiger partial charge in [0.1, 0.15) is 42.4 Å². The molecule has 42 heavy (non-hydrogen) atoms. The highest BCUT2D eigenvalue weighted by molar-refractivity contribution is 6.30. The molecule has 0 aliphatic carbocycles. The molecule has 5 rings (SSSR count). The molecule has 0 spiro atoms. The van der Waals surface area contributed by atoms with Crippen molar-refractivity contribution >= 4 is 28.6 Å². The van der Waals surface area contributed by atoms with Gasteiger partial charge in [0.15, 0.2) is 0 Å². The van der Waals surface area contributed by atoms with Gasteiger partial charge >= 0.3 is 5.97 Å². The van der Waals surface area contributed by atoms with Gasteiger partial charge < -0.3 is 28.4 Å². The summed E-state index contributed by atoms with van der Waals surface area (Å²) in [7, 11) is 4.14. The van der Waals surface area contributed by atoms with Crippen LogP contribution < -0.4 is 14.2 Å². The number of esters is 1. The van der Waals surface area contributed by atoms with E-state index in [1.807, 2.05) is 66.2 Å². The summed E-state index contributed by atoms with van der Waals surface area (Å²) in [6.45, 7) is 4.93. The molecule has 0 atom stereocenters. The van der Waals surface area contributed by atoms with Crippen LogP contribution in [0.4, 0.5) is 0 Å². The second-order valence-corrected chi connectivity index (χ2v) is 11.1. The predicted octanol–water partition coefficient (Wildman–Crippen LogP) is 6.35. The van der Waals surface area contributed by atoms with Crippen LogP contribution in [0.3, 0.4) is 0 Å². The summed E-state index contributed by atoms with van der Waals surface area (Å²) < 4.78 is 25.8. The van der Waals surface area contributed by atoms with Crippen LogP contribution in [-0.4, -0.2) is 53.3 Å². The lowest BCUT2D eigenvalue weighted by molar-refractivity contribution is -0.143. The van der Waals surface area contributed by atoms with E-state index >= 15 is 0 Å². The number of aryl methyl sites for hydroxylation is 2. The molecule has 0 saturated carbocycles. The molecule has 0 amide bonds. The Kier molecular flexibility index (Phi) is 9.87. The molecule has 0 N–H and O–H groups in total. The largest absolute Gasteiger partial charge is 0.490 e. The minimum atomic E-state index is -0.233. The van der Waals surface area contributed by atoms with Gasteiger partial charge in [-0.1, -0.05) is 29.8 Å². The molecule has 3 aromatic carbocycles. The van der Waals surface area contributed by atoms with E-state index < -0.39 is 0 Å². The molecule has 1 aromatic heterocycles. The second-order valence-electron chi connectivity index (χ2n) is 10.6. The number of imidazole rings is 1. The van der Waals surface area contributed by atoms with Crippen molar-refractivity contribution in [2.24, 2.45) is 7.05 Å². The minimum Gasteiger partial charge on any atom is -0.490 e. The summed E-state index contributed by atoms with van der Waals surface area (Å²) in [4.78, 5) is 19.1. The SMILES string of the molecule is CCOC(=O)CCc1ccc(OCc2nc3ccc(OC4CCN(C)CC4)cc3n2C)cc1OCc1ccc(Cl)cc1. The van der Waals surface area contributed by atoms with Crippen molar-refractivity contribution < 1.29 is 23.7 Å². The van der Waals surface area contributed by atoms with Gasteiger partial charge in [-0.05, 0) is 74.7 Å². The molecule has 0 radical (unpaired) electrons. The zero-order valence-corrected chi connectivity index (χ0v) is 25.2. The van der Waals surface area contributed by atoms with Crippen molar-refractivity contribution in [3.63, 3.8) is 0 Å². The molecule has 2 heterocycles. The highest BCUT2D eigenvalue weighted by Gasteiger charge is 2.19. The number of carbonyl (C=O) groups excluding carboxylic acids is 1. The van der Waals surface area contributed by atoms with Crippen LogP contribution in [0, 0.1) is 0 Å². The average molecular weight is 592 g/mol. The number of aromatic nitrogens is 2. The van der Waals surface area contributed by atoms with Gasteiger partial charge in [-0.2, -0.15) is 0 Å². The van der Waals surface area contributed by atoms with Crippen molar-refractivity contribution in [1.82, 2.24) is 14.5 Å². The third-order valence-corrected chi connectivity index (χ3v) is 7.78. The van der Waals surface area contributed by atoms with E-state index in [1.165, 1.54) is 0 Å². The first-order valence-corrected chi connectivity index (χ1v) is 14.8. The van der Waals surface area contributed by atoms with Gasteiger partial charge in [0.2, 0.25) is 0 Å². The van der Waals surface area contributed by atoms with Gasteiger partial charge in [-0.15, -0.1) is 0 Å². The van der Waals surface area contributed by atoms with Crippen LogP contribution in [0.25, 0.3) is 11.0 Å². The van der Waals surface area contributed by atoms with Gasteiger partial charge in [-0.25, -0.2) is 4.98 Å². The molecule has 1 aliphatic heterocycles. The highest BCUT2D eigenvalue weighted by atomic mass is 35.5. The lowest BCUT2D eigenvalue weighted by Gasteiger charge is -2.29. The topological polar surface area (TPSA) is 75.1 Å². The van der Waals surface area contributed by atoms with Gasteiger partial charge in [0.05, 0.1) is 17.6 Å². The monoisotopic (exact) mass is 591 g/mol. The fourth-order valence-electron chi connectivity index (χ4n) is 5.04. The van der Waals surface area contributed by atoms with Crippen molar-refractivity contribution in [1.29, 1.82) is 0 Å². The van der Waals surface area contributed by atoms with Gasteiger partial charge in [0.25, 0.3) is 0 Å². The molecule has 0 bridgehead atoms. The van der Waals surface area contributed by atoms with E-state index in [-0.39, 0.29) is 25.1 Å². The van der Waals surface area contributed by atoms with E-state index in [0.29, 0.717) is 36.2 Å². The smallest absolute Gasteiger partial charge is 0.306 e. The summed E-state index contributed by atoms with van der Waals surface area (Å²) in [6.07, 6.45) is 3.08. The number of piperidine rings is 1. The number of nitrogens with zero attached hydrogens (tertiary/aromatic N) is 3. The van der Waals surface area contributed by atoms with E-state index in [4.69, 9.17) is 35.5 Å². The van der Waals surface area contributed by atoms with Crippen molar-refractivity contribution in [3.8, 4) is 17.2 Å². The molecule has 1 fully saturated rings. The Morgan fingerprint density at radius 2 is 1.71 bits per heavy atom. The number of halogens is 1. The van der Waals surface area contributed by atoms with E-state index in [1.54, 1.807) is 6.92 Å². The number of hydrogen-bond donors (Lipinski definition) is 0. The Labute approximate surface area is 252 Å². The maximum absolute atomic E-state index is 12.0.